The standard InChI is InChI=1S/C17H14N2O3S/c1-2-22-17(21)15-10-11-9-12(6-7-14(11)23-15)19-16(20)13-5-3-4-8-18-13/h3-10H,2H2,1H3,(H,19,20). The molecule has 0 saturated heterocycles. The number of anilines is 1. The summed E-state index contributed by atoms with van der Waals surface area (Å²) in [6, 6.07) is 12.4. The van der Waals surface area contributed by atoms with Gasteiger partial charge >= 0.3 is 5.97 Å². The van der Waals surface area contributed by atoms with Gasteiger partial charge in [-0.1, -0.05) is 6.07 Å². The van der Waals surface area contributed by atoms with Gasteiger partial charge in [0, 0.05) is 16.6 Å². The number of hydrogen-bond acceptors (Lipinski definition) is 5. The van der Waals surface area contributed by atoms with Gasteiger partial charge in [-0.3, -0.25) is 9.78 Å². The van der Waals surface area contributed by atoms with E-state index in [0.29, 0.717) is 22.9 Å². The van der Waals surface area contributed by atoms with Crippen LogP contribution in [-0.2, 0) is 4.74 Å². The molecule has 3 aromatic rings. The molecule has 0 atom stereocenters. The second-order valence-corrected chi connectivity index (χ2v) is 5.84. The van der Waals surface area contributed by atoms with Crippen molar-refractivity contribution < 1.29 is 14.3 Å². The van der Waals surface area contributed by atoms with Crippen LogP contribution in [0.25, 0.3) is 10.1 Å². The van der Waals surface area contributed by atoms with Crippen molar-refractivity contribution in [2.75, 3.05) is 11.9 Å². The van der Waals surface area contributed by atoms with E-state index in [9.17, 15) is 9.59 Å². The van der Waals surface area contributed by atoms with Gasteiger partial charge in [0.25, 0.3) is 5.91 Å². The first-order valence-electron chi connectivity index (χ1n) is 7.10. The first kappa shape index (κ1) is 15.2. The first-order chi connectivity index (χ1) is 11.2. The van der Waals surface area contributed by atoms with Gasteiger partial charge in [-0.25, -0.2) is 4.79 Å². The normalized spacial score (nSPS) is 10.5. The van der Waals surface area contributed by atoms with Crippen molar-refractivity contribution in [1.29, 1.82) is 0 Å². The maximum Gasteiger partial charge on any atom is 0.348 e. The average molecular weight is 326 g/mol. The van der Waals surface area contributed by atoms with E-state index in [1.165, 1.54) is 11.3 Å². The number of aromatic nitrogens is 1. The van der Waals surface area contributed by atoms with E-state index in [1.54, 1.807) is 43.5 Å². The van der Waals surface area contributed by atoms with Crippen LogP contribution in [0.2, 0.25) is 0 Å². The van der Waals surface area contributed by atoms with E-state index in [4.69, 9.17) is 4.74 Å². The molecule has 1 amide bonds. The second-order valence-electron chi connectivity index (χ2n) is 4.75. The lowest BCUT2D eigenvalue weighted by Gasteiger charge is -2.04. The van der Waals surface area contributed by atoms with Crippen LogP contribution in [0.15, 0.2) is 48.7 Å². The zero-order valence-corrected chi connectivity index (χ0v) is 13.2. The Morgan fingerprint density at radius 3 is 2.83 bits per heavy atom. The molecule has 0 fully saturated rings. The highest BCUT2D eigenvalue weighted by Crippen LogP contribution is 2.28. The minimum atomic E-state index is -0.326. The van der Waals surface area contributed by atoms with Gasteiger partial charge in [-0.2, -0.15) is 0 Å². The molecule has 23 heavy (non-hydrogen) atoms. The zero-order chi connectivity index (χ0) is 16.2. The summed E-state index contributed by atoms with van der Waals surface area (Å²) >= 11 is 1.37. The van der Waals surface area contributed by atoms with Gasteiger partial charge in [0.15, 0.2) is 0 Å². The Morgan fingerprint density at radius 1 is 1.22 bits per heavy atom. The number of fused-ring (bicyclic) bond motifs is 1. The smallest absolute Gasteiger partial charge is 0.348 e. The van der Waals surface area contributed by atoms with Gasteiger partial charge in [0.2, 0.25) is 0 Å². The molecule has 6 heteroatoms. The number of rotatable bonds is 4. The van der Waals surface area contributed by atoms with Crippen molar-refractivity contribution >= 4 is 39.0 Å². The summed E-state index contributed by atoms with van der Waals surface area (Å²) in [4.78, 5) is 28.4. The second kappa shape index (κ2) is 6.58. The predicted molar refractivity (Wildman–Crippen MR) is 90.0 cm³/mol. The van der Waals surface area contributed by atoms with Crippen LogP contribution in [0.4, 0.5) is 5.69 Å². The summed E-state index contributed by atoms with van der Waals surface area (Å²) < 4.78 is 5.97. The Labute approximate surface area is 136 Å². The highest BCUT2D eigenvalue weighted by atomic mass is 32.1. The Morgan fingerprint density at radius 2 is 2.09 bits per heavy atom. The summed E-state index contributed by atoms with van der Waals surface area (Å²) in [7, 11) is 0. The number of thiophene rings is 1. The molecule has 0 aliphatic heterocycles. The van der Waals surface area contributed by atoms with Gasteiger partial charge < -0.3 is 10.1 Å². The van der Waals surface area contributed by atoms with E-state index < -0.39 is 0 Å². The SMILES string of the molecule is CCOC(=O)c1cc2cc(NC(=O)c3ccccn3)ccc2s1. The lowest BCUT2D eigenvalue weighted by atomic mass is 10.2. The van der Waals surface area contributed by atoms with E-state index in [-0.39, 0.29) is 11.9 Å². The summed E-state index contributed by atoms with van der Waals surface area (Å²) in [6.07, 6.45) is 1.57. The quantitative estimate of drug-likeness (QED) is 0.742. The summed E-state index contributed by atoms with van der Waals surface area (Å²) in [5, 5.41) is 3.69. The number of nitrogens with one attached hydrogen (secondary N) is 1. The van der Waals surface area contributed by atoms with E-state index in [1.807, 2.05) is 12.1 Å². The molecule has 3 rings (SSSR count). The minimum absolute atomic E-state index is 0.272. The topological polar surface area (TPSA) is 68.3 Å². The number of nitrogens with zero attached hydrogens (tertiary/aromatic N) is 1. The Balaban J connectivity index is 1.83. The van der Waals surface area contributed by atoms with Gasteiger partial charge in [-0.05, 0) is 48.7 Å². The van der Waals surface area contributed by atoms with Crippen LogP contribution >= 0.6 is 11.3 Å². The first-order valence-corrected chi connectivity index (χ1v) is 7.92. The number of amides is 1. The lowest BCUT2D eigenvalue weighted by molar-refractivity contribution is 0.0532. The lowest BCUT2D eigenvalue weighted by Crippen LogP contribution is -2.13. The molecule has 0 radical (unpaired) electrons. The number of ether oxygens (including phenoxy) is 1. The molecule has 1 aromatic carbocycles. The van der Waals surface area contributed by atoms with Crippen LogP contribution in [0.1, 0.15) is 27.1 Å². The molecule has 0 bridgehead atoms. The average Bonchev–Trinajstić information content (AvgIpc) is 2.99. The van der Waals surface area contributed by atoms with Crippen LogP contribution in [-0.4, -0.2) is 23.5 Å². The molecular formula is C17H14N2O3S. The fraction of sp³-hybridized carbons (Fsp3) is 0.118. The van der Waals surface area contributed by atoms with Crippen molar-refractivity contribution in [1.82, 2.24) is 4.98 Å². The highest BCUT2D eigenvalue weighted by molar-refractivity contribution is 7.20. The van der Waals surface area contributed by atoms with E-state index >= 15 is 0 Å². The molecule has 0 saturated carbocycles. The number of pyridine rings is 1. The summed E-state index contributed by atoms with van der Waals surface area (Å²) in [5.41, 5.74) is 1.01. The van der Waals surface area contributed by atoms with Crippen molar-refractivity contribution in [3.05, 3.63) is 59.2 Å². The fourth-order valence-corrected chi connectivity index (χ4v) is 3.05. The molecule has 1 N–H and O–H groups in total. The minimum Gasteiger partial charge on any atom is -0.462 e. The number of carbonyl (C=O) groups excluding carboxylic acids is 2. The molecule has 116 valence electrons. The van der Waals surface area contributed by atoms with Crippen LogP contribution in [0, 0.1) is 0 Å². The Hall–Kier alpha value is -2.73. The van der Waals surface area contributed by atoms with E-state index in [2.05, 4.69) is 10.3 Å². The third-order valence-electron chi connectivity index (χ3n) is 3.15. The molecule has 0 spiro atoms. The number of hydrogen-bond donors (Lipinski definition) is 1. The fourth-order valence-electron chi connectivity index (χ4n) is 2.12. The monoisotopic (exact) mass is 326 g/mol. The van der Waals surface area contributed by atoms with Gasteiger partial charge in [0.05, 0.1) is 6.61 Å². The third kappa shape index (κ3) is 3.37. The number of esters is 1. The maximum atomic E-state index is 12.1. The van der Waals surface area contributed by atoms with Crippen molar-refractivity contribution in [3.63, 3.8) is 0 Å². The van der Waals surface area contributed by atoms with Crippen LogP contribution in [0.5, 0.6) is 0 Å². The zero-order valence-electron chi connectivity index (χ0n) is 12.4. The van der Waals surface area contributed by atoms with Gasteiger partial charge in [0.1, 0.15) is 10.6 Å². The number of carbonyl (C=O) groups is 2. The Kier molecular flexibility index (Phi) is 4.34. The molecule has 0 unspecified atom stereocenters. The molecule has 0 aliphatic carbocycles. The molecular weight excluding hydrogens is 312 g/mol. The molecule has 0 aliphatic rings. The molecule has 5 nitrogen and oxygen atoms in total. The largest absolute Gasteiger partial charge is 0.462 e. The molecule has 2 aromatic heterocycles. The summed E-state index contributed by atoms with van der Waals surface area (Å²) in [6.45, 7) is 2.12. The predicted octanol–water partition coefficient (Wildman–Crippen LogP) is 3.73. The van der Waals surface area contributed by atoms with Crippen LogP contribution in [0.3, 0.4) is 0 Å². The molecule has 2 heterocycles. The Bertz CT molecular complexity index is 859. The van der Waals surface area contributed by atoms with Crippen LogP contribution < -0.4 is 5.32 Å². The third-order valence-corrected chi connectivity index (χ3v) is 4.24. The maximum absolute atomic E-state index is 12.1. The summed E-state index contributed by atoms with van der Waals surface area (Å²) in [5.74, 6) is -0.599. The van der Waals surface area contributed by atoms with E-state index in [0.717, 1.165) is 10.1 Å². The highest BCUT2D eigenvalue weighted by Gasteiger charge is 2.12. The number of benzene rings is 1. The van der Waals surface area contributed by atoms with Crippen molar-refractivity contribution in [3.8, 4) is 0 Å². The van der Waals surface area contributed by atoms with Gasteiger partial charge in [-0.15, -0.1) is 11.3 Å². The van der Waals surface area contributed by atoms with Crippen molar-refractivity contribution in [2.45, 2.75) is 6.92 Å². The van der Waals surface area contributed by atoms with Crippen molar-refractivity contribution in [2.24, 2.45) is 0 Å².